The zero-order valence-corrected chi connectivity index (χ0v) is 15.2. The van der Waals surface area contributed by atoms with Crippen LogP contribution < -0.4 is 5.32 Å². The number of anilines is 1. The Labute approximate surface area is 156 Å². The summed E-state index contributed by atoms with van der Waals surface area (Å²) in [5, 5.41) is 13.3. The van der Waals surface area contributed by atoms with Gasteiger partial charge in [-0.1, -0.05) is 18.0 Å². The number of nitro benzene ring substituents is 1. The number of carbonyl (C=O) groups excluding carboxylic acids is 2. The topological polar surface area (TPSA) is 98.5 Å². The third-order valence-corrected chi connectivity index (χ3v) is 5.72. The lowest BCUT2D eigenvalue weighted by atomic mass is 9.86. The van der Waals surface area contributed by atoms with E-state index in [1.807, 2.05) is 0 Å². The summed E-state index contributed by atoms with van der Waals surface area (Å²) >= 11 is 5.95. The first kappa shape index (κ1) is 18.6. The van der Waals surface area contributed by atoms with E-state index in [-0.39, 0.29) is 22.4 Å². The van der Waals surface area contributed by atoms with E-state index >= 15 is 0 Å². The van der Waals surface area contributed by atoms with E-state index in [9.17, 15) is 19.7 Å². The second-order valence-corrected chi connectivity index (χ2v) is 7.59. The largest absolute Gasteiger partial charge is 0.453 e. The van der Waals surface area contributed by atoms with Crippen LogP contribution in [0.4, 0.5) is 11.4 Å². The molecule has 1 N–H and O–H groups in total. The zero-order valence-electron chi connectivity index (χ0n) is 14.4. The van der Waals surface area contributed by atoms with Crippen LogP contribution in [0.15, 0.2) is 18.2 Å². The van der Waals surface area contributed by atoms with Crippen LogP contribution in [0.3, 0.4) is 0 Å². The predicted octanol–water partition coefficient (Wildman–Crippen LogP) is 3.94. The number of esters is 1. The SMILES string of the molecule is CC(OC(=O)CC1CC2CCC1C2)C(=O)Nc1ccc([N+](=O)[O-])cc1Cl. The number of nitro groups is 1. The summed E-state index contributed by atoms with van der Waals surface area (Å²) in [7, 11) is 0. The first-order valence-electron chi connectivity index (χ1n) is 8.77. The summed E-state index contributed by atoms with van der Waals surface area (Å²) in [5.74, 6) is 0.862. The van der Waals surface area contributed by atoms with Gasteiger partial charge in [-0.3, -0.25) is 19.7 Å². The van der Waals surface area contributed by atoms with Gasteiger partial charge in [-0.15, -0.1) is 0 Å². The number of fused-ring (bicyclic) bond motifs is 2. The van der Waals surface area contributed by atoms with E-state index < -0.39 is 16.9 Å². The van der Waals surface area contributed by atoms with Crippen molar-refractivity contribution in [3.8, 4) is 0 Å². The molecule has 2 aliphatic rings. The average Bonchev–Trinajstić information content (AvgIpc) is 3.19. The molecule has 2 bridgehead atoms. The maximum Gasteiger partial charge on any atom is 0.306 e. The lowest BCUT2D eigenvalue weighted by Gasteiger charge is -2.21. The lowest BCUT2D eigenvalue weighted by molar-refractivity contribution is -0.384. The zero-order chi connectivity index (χ0) is 18.8. The van der Waals surface area contributed by atoms with Crippen LogP contribution in [0, 0.1) is 27.9 Å². The summed E-state index contributed by atoms with van der Waals surface area (Å²) < 4.78 is 5.25. The van der Waals surface area contributed by atoms with Gasteiger partial charge in [0.05, 0.1) is 15.6 Å². The minimum absolute atomic E-state index is 0.0491. The molecule has 3 rings (SSSR count). The molecule has 26 heavy (non-hydrogen) atoms. The normalized spacial score (nSPS) is 24.9. The van der Waals surface area contributed by atoms with Crippen molar-refractivity contribution in [1.29, 1.82) is 0 Å². The summed E-state index contributed by atoms with van der Waals surface area (Å²) in [5.41, 5.74) is 0.0663. The second kappa shape index (κ2) is 7.61. The van der Waals surface area contributed by atoms with Crippen molar-refractivity contribution in [2.75, 3.05) is 5.32 Å². The van der Waals surface area contributed by atoms with Crippen molar-refractivity contribution >= 4 is 34.9 Å². The van der Waals surface area contributed by atoms with Gasteiger partial charge in [-0.05, 0) is 50.0 Å². The fourth-order valence-corrected chi connectivity index (χ4v) is 4.31. The molecular weight excluding hydrogens is 360 g/mol. The maximum atomic E-state index is 12.2. The Morgan fingerprint density at radius 1 is 1.38 bits per heavy atom. The van der Waals surface area contributed by atoms with E-state index in [1.54, 1.807) is 0 Å². The molecule has 2 fully saturated rings. The van der Waals surface area contributed by atoms with Gasteiger partial charge in [0.15, 0.2) is 6.10 Å². The number of benzene rings is 1. The minimum atomic E-state index is -0.965. The third-order valence-electron chi connectivity index (χ3n) is 5.41. The van der Waals surface area contributed by atoms with Crippen LogP contribution in [0.2, 0.25) is 5.02 Å². The van der Waals surface area contributed by atoms with Gasteiger partial charge < -0.3 is 10.1 Å². The Balaban J connectivity index is 1.51. The van der Waals surface area contributed by atoms with Gasteiger partial charge in [-0.2, -0.15) is 0 Å². The van der Waals surface area contributed by atoms with E-state index in [2.05, 4.69) is 5.32 Å². The van der Waals surface area contributed by atoms with Crippen LogP contribution in [0.5, 0.6) is 0 Å². The van der Waals surface area contributed by atoms with E-state index in [0.717, 1.165) is 18.4 Å². The molecule has 140 valence electrons. The van der Waals surface area contributed by atoms with Gasteiger partial charge in [0.1, 0.15) is 0 Å². The highest BCUT2D eigenvalue weighted by Crippen LogP contribution is 2.49. The molecule has 8 heteroatoms. The number of nitrogens with zero attached hydrogens (tertiary/aromatic N) is 1. The van der Waals surface area contributed by atoms with Gasteiger partial charge in [0.2, 0.25) is 0 Å². The van der Waals surface area contributed by atoms with Crippen molar-refractivity contribution in [3.63, 3.8) is 0 Å². The van der Waals surface area contributed by atoms with Crippen LogP contribution in [0.25, 0.3) is 0 Å². The number of hydrogen-bond acceptors (Lipinski definition) is 5. The number of rotatable bonds is 6. The summed E-state index contributed by atoms with van der Waals surface area (Å²) in [6, 6.07) is 3.75. The van der Waals surface area contributed by atoms with Crippen LogP contribution in [0.1, 0.15) is 39.0 Å². The minimum Gasteiger partial charge on any atom is -0.453 e. The summed E-state index contributed by atoms with van der Waals surface area (Å²) in [6.45, 7) is 1.49. The first-order valence-corrected chi connectivity index (χ1v) is 9.15. The molecule has 2 saturated carbocycles. The Hall–Kier alpha value is -2.15. The molecule has 1 aromatic carbocycles. The van der Waals surface area contributed by atoms with Gasteiger partial charge in [0.25, 0.3) is 11.6 Å². The van der Waals surface area contributed by atoms with Crippen molar-refractivity contribution in [2.24, 2.45) is 17.8 Å². The molecule has 4 unspecified atom stereocenters. The van der Waals surface area contributed by atoms with Crippen molar-refractivity contribution in [3.05, 3.63) is 33.3 Å². The Bertz CT molecular complexity index is 738. The number of ether oxygens (including phenoxy) is 1. The molecule has 2 aliphatic carbocycles. The number of nitrogens with one attached hydrogen (secondary N) is 1. The quantitative estimate of drug-likeness (QED) is 0.457. The fourth-order valence-electron chi connectivity index (χ4n) is 4.09. The second-order valence-electron chi connectivity index (χ2n) is 7.18. The monoisotopic (exact) mass is 380 g/mol. The Morgan fingerprint density at radius 3 is 2.73 bits per heavy atom. The summed E-state index contributed by atoms with van der Waals surface area (Å²) in [4.78, 5) is 34.5. The molecule has 7 nitrogen and oxygen atoms in total. The van der Waals surface area contributed by atoms with E-state index in [0.29, 0.717) is 18.3 Å². The molecule has 0 aromatic heterocycles. The number of amides is 1. The van der Waals surface area contributed by atoms with Crippen molar-refractivity contribution in [1.82, 2.24) is 0 Å². The fraction of sp³-hybridized carbons (Fsp3) is 0.556. The lowest BCUT2D eigenvalue weighted by Crippen LogP contribution is -2.31. The molecule has 0 radical (unpaired) electrons. The first-order chi connectivity index (χ1) is 12.3. The van der Waals surface area contributed by atoms with Crippen molar-refractivity contribution < 1.29 is 19.2 Å². The molecule has 1 amide bonds. The molecule has 1 aromatic rings. The van der Waals surface area contributed by atoms with Crippen molar-refractivity contribution in [2.45, 2.75) is 45.1 Å². The molecule has 0 saturated heterocycles. The van der Waals surface area contributed by atoms with Gasteiger partial charge >= 0.3 is 5.97 Å². The molecule has 0 aliphatic heterocycles. The Morgan fingerprint density at radius 2 is 2.15 bits per heavy atom. The molecule has 4 atom stereocenters. The standard InChI is InChI=1S/C18H21ClN2O5/c1-10(26-17(22)8-13-7-11-2-3-12(13)6-11)18(23)20-16-5-4-14(21(24)25)9-15(16)19/h4-5,9-13H,2-3,6-8H2,1H3,(H,20,23). The molecule has 0 spiro atoms. The highest BCUT2D eigenvalue weighted by atomic mass is 35.5. The molecule has 0 heterocycles. The molecular formula is C18H21ClN2O5. The van der Waals surface area contributed by atoms with Gasteiger partial charge in [0, 0.05) is 18.6 Å². The van der Waals surface area contributed by atoms with Crippen LogP contribution in [-0.2, 0) is 14.3 Å². The van der Waals surface area contributed by atoms with E-state index in [1.165, 1.54) is 38.3 Å². The van der Waals surface area contributed by atoms with E-state index in [4.69, 9.17) is 16.3 Å². The highest BCUT2D eigenvalue weighted by Gasteiger charge is 2.40. The number of hydrogen-bond donors (Lipinski definition) is 1. The average molecular weight is 381 g/mol. The maximum absolute atomic E-state index is 12.2. The number of non-ortho nitro benzene ring substituents is 1. The smallest absolute Gasteiger partial charge is 0.306 e. The third kappa shape index (κ3) is 4.15. The summed E-state index contributed by atoms with van der Waals surface area (Å²) in [6.07, 6.45) is 4.15. The van der Waals surface area contributed by atoms with Crippen LogP contribution in [-0.4, -0.2) is 22.9 Å². The number of halogens is 1. The van der Waals surface area contributed by atoms with Gasteiger partial charge in [-0.25, -0.2) is 0 Å². The number of carbonyl (C=O) groups is 2. The highest BCUT2D eigenvalue weighted by molar-refractivity contribution is 6.34. The predicted molar refractivity (Wildman–Crippen MR) is 95.8 cm³/mol. The van der Waals surface area contributed by atoms with Crippen LogP contribution >= 0.6 is 11.6 Å². The Kier molecular flexibility index (Phi) is 5.46.